The van der Waals surface area contributed by atoms with E-state index in [0.29, 0.717) is 11.5 Å². The van der Waals surface area contributed by atoms with Gasteiger partial charge in [0.2, 0.25) is 0 Å². The maximum absolute atomic E-state index is 6.18. The van der Waals surface area contributed by atoms with Crippen LogP contribution in [-0.4, -0.2) is 24.7 Å². The molecule has 6 heteroatoms. The molecule has 2 aliphatic heterocycles. The Balaban J connectivity index is 0.00000241. The summed E-state index contributed by atoms with van der Waals surface area (Å²) in [5.41, 5.74) is 6.22. The zero-order valence-electron chi connectivity index (χ0n) is 18.7. The summed E-state index contributed by atoms with van der Waals surface area (Å²) in [7, 11) is 4.03. The summed E-state index contributed by atoms with van der Waals surface area (Å²) in [6.07, 6.45) is 0. The van der Waals surface area contributed by atoms with Gasteiger partial charge in [0, 0.05) is 56.1 Å². The Morgan fingerprint density at radius 3 is 2.29 bits per heavy atom. The van der Waals surface area contributed by atoms with E-state index in [-0.39, 0.29) is 21.1 Å². The van der Waals surface area contributed by atoms with Gasteiger partial charge in [-0.3, -0.25) is 0 Å². The van der Waals surface area contributed by atoms with Crippen molar-refractivity contribution in [3.05, 3.63) is 104 Å². The molecule has 0 spiro atoms. The van der Waals surface area contributed by atoms with Crippen LogP contribution in [0.5, 0.6) is 11.5 Å². The van der Waals surface area contributed by atoms with Gasteiger partial charge < -0.3 is 14.5 Å². The molecule has 0 radical (unpaired) electrons. The number of fused-ring (bicyclic) bond motifs is 2. The number of anilines is 3. The van der Waals surface area contributed by atoms with Gasteiger partial charge in [-0.1, -0.05) is 45.5 Å². The average molecular weight is 625 g/mol. The molecule has 0 fully saturated rings. The first-order valence-electron chi connectivity index (χ1n) is 10.8. The smallest absolute Gasteiger partial charge is 0.494 e. The predicted octanol–water partition coefficient (Wildman–Crippen LogP) is 6.08. The van der Waals surface area contributed by atoms with Crippen LogP contribution in [0.3, 0.4) is 0 Å². The first kappa shape index (κ1) is 22.2. The number of benzene rings is 4. The van der Waals surface area contributed by atoms with Gasteiger partial charge in [-0.25, -0.2) is 0 Å². The number of ether oxygens (including phenoxy) is 1. The van der Waals surface area contributed by atoms with Crippen molar-refractivity contribution in [2.45, 2.75) is 0 Å². The molecule has 0 atom stereocenters. The van der Waals surface area contributed by atoms with E-state index in [0.717, 1.165) is 34.1 Å². The third kappa shape index (κ3) is 3.84. The normalized spacial score (nSPS) is 13.6. The van der Waals surface area contributed by atoms with E-state index < -0.39 is 0 Å². The third-order valence-electron chi connectivity index (χ3n) is 5.77. The predicted molar refractivity (Wildman–Crippen MR) is 131 cm³/mol. The molecule has 6 rings (SSSR count). The van der Waals surface area contributed by atoms with E-state index >= 15 is 0 Å². The fourth-order valence-corrected chi connectivity index (χ4v) is 4.21. The van der Waals surface area contributed by atoms with Crippen LogP contribution in [-0.2, 0) is 21.1 Å². The Morgan fingerprint density at radius 1 is 0.794 bits per heavy atom. The summed E-state index contributed by atoms with van der Waals surface area (Å²) in [5.74, 6) is 1.26. The van der Waals surface area contributed by atoms with E-state index in [4.69, 9.17) is 4.74 Å². The Hall–Kier alpha value is -3.65. The summed E-state index contributed by atoms with van der Waals surface area (Å²) >= 11 is 0. The molecule has 0 N–H and O–H groups in total. The van der Waals surface area contributed by atoms with E-state index in [1.165, 1.54) is 0 Å². The molecule has 2 heterocycles. The SMILES string of the molecule is CN1[CH-]N(c2[c-]c(Oc3[c-]c([N+]4=C=[N+](C)c5ccccc54)ccc3)ccc2)c2ccccc21.[Pt]. The van der Waals surface area contributed by atoms with Crippen LogP contribution in [0.4, 0.5) is 34.1 Å². The molecule has 2 aliphatic rings. The van der Waals surface area contributed by atoms with E-state index in [1.54, 1.807) is 0 Å². The Bertz CT molecular complexity index is 1460. The van der Waals surface area contributed by atoms with Crippen LogP contribution >= 0.6 is 0 Å². The summed E-state index contributed by atoms with van der Waals surface area (Å²) in [4.78, 5) is 4.22. The van der Waals surface area contributed by atoms with Gasteiger partial charge in [-0.2, -0.15) is 18.8 Å². The zero-order chi connectivity index (χ0) is 22.4. The summed E-state index contributed by atoms with van der Waals surface area (Å²) in [6.45, 7) is 2.06. The van der Waals surface area contributed by atoms with Crippen molar-refractivity contribution in [1.82, 2.24) is 4.58 Å². The van der Waals surface area contributed by atoms with E-state index in [9.17, 15) is 0 Å². The average Bonchev–Trinajstić information content (AvgIpc) is 3.37. The minimum absolute atomic E-state index is 0. The van der Waals surface area contributed by atoms with Gasteiger partial charge in [0.15, 0.2) is 7.05 Å². The van der Waals surface area contributed by atoms with E-state index in [2.05, 4.69) is 58.9 Å². The largest absolute Gasteiger partial charge is 0.509 e. The second-order valence-corrected chi connectivity index (χ2v) is 7.97. The van der Waals surface area contributed by atoms with Crippen molar-refractivity contribution >= 4 is 40.1 Å². The van der Waals surface area contributed by atoms with Crippen LogP contribution in [0.1, 0.15) is 0 Å². The topological polar surface area (TPSA) is 21.7 Å². The number of hydrogen-bond donors (Lipinski definition) is 0. The number of rotatable bonds is 4. The molecule has 34 heavy (non-hydrogen) atoms. The van der Waals surface area contributed by atoms with Crippen LogP contribution in [0, 0.1) is 18.8 Å². The number of para-hydroxylation sites is 4. The van der Waals surface area contributed by atoms with Crippen LogP contribution < -0.4 is 19.1 Å². The van der Waals surface area contributed by atoms with Crippen LogP contribution in [0.15, 0.2) is 84.9 Å². The van der Waals surface area contributed by atoms with Crippen LogP contribution in [0.2, 0.25) is 0 Å². The van der Waals surface area contributed by atoms with Crippen LogP contribution in [0.25, 0.3) is 0 Å². The first-order chi connectivity index (χ1) is 16.2. The number of nitrogens with zero attached hydrogens (tertiary/aromatic N) is 4. The van der Waals surface area contributed by atoms with Gasteiger partial charge in [0.25, 0.3) is 11.4 Å². The monoisotopic (exact) mass is 624 g/mol. The third-order valence-corrected chi connectivity index (χ3v) is 5.77. The van der Waals surface area contributed by atoms with Crippen molar-refractivity contribution in [1.29, 1.82) is 0 Å². The first-order valence-corrected chi connectivity index (χ1v) is 10.8. The van der Waals surface area contributed by atoms with E-state index in [1.807, 2.05) is 83.9 Å². The summed E-state index contributed by atoms with van der Waals surface area (Å²) in [5, 5.41) is 0. The Kier molecular flexibility index (Phi) is 5.83. The molecule has 4 aromatic carbocycles. The molecule has 0 bridgehead atoms. The summed E-state index contributed by atoms with van der Waals surface area (Å²) < 4.78 is 10.2. The second-order valence-electron chi connectivity index (χ2n) is 7.97. The van der Waals surface area contributed by atoms with Gasteiger partial charge >= 0.3 is 6.01 Å². The zero-order valence-corrected chi connectivity index (χ0v) is 20.9. The molecule has 170 valence electrons. The van der Waals surface area contributed by atoms with Crippen molar-refractivity contribution in [2.24, 2.45) is 0 Å². The van der Waals surface area contributed by atoms with Gasteiger partial charge in [0.05, 0.1) is 0 Å². The van der Waals surface area contributed by atoms with Gasteiger partial charge in [0.1, 0.15) is 5.69 Å². The number of hydrogen-bond acceptors (Lipinski definition) is 3. The minimum Gasteiger partial charge on any atom is -0.509 e. The molecule has 0 saturated heterocycles. The van der Waals surface area contributed by atoms with Crippen molar-refractivity contribution in [2.75, 3.05) is 23.9 Å². The summed E-state index contributed by atoms with van der Waals surface area (Å²) in [6, 6.07) is 38.4. The standard InChI is InChI=1S/C28H21N4O.Pt/c1-29-19-31(27-15-5-3-13-25(27)29)21-9-7-11-23(17-21)33-24-12-8-10-22(18-24)32-20-30(2)26-14-4-6-16-28(26)32;/h3-16,19H,1-2H3;/q-1;. The van der Waals surface area contributed by atoms with Gasteiger partial charge in [-0.15, -0.1) is 30.0 Å². The molecule has 0 aromatic heterocycles. The molecule has 0 aliphatic carbocycles. The molecule has 0 amide bonds. The fraction of sp³-hybridized carbons (Fsp3) is 0.0714. The molecule has 5 nitrogen and oxygen atoms in total. The quantitative estimate of drug-likeness (QED) is 0.203. The molecule has 0 saturated carbocycles. The minimum atomic E-state index is 0. The van der Waals surface area contributed by atoms with Crippen molar-refractivity contribution in [3.8, 4) is 11.5 Å². The second kappa shape index (κ2) is 8.95. The maximum Gasteiger partial charge on any atom is 0.494 e. The molecular formula is C28H21N4OPt-. The Labute approximate surface area is 213 Å². The fourth-order valence-electron chi connectivity index (χ4n) is 4.21. The molecular weight excluding hydrogens is 603 g/mol. The van der Waals surface area contributed by atoms with Crippen molar-refractivity contribution < 1.29 is 30.4 Å². The van der Waals surface area contributed by atoms with Gasteiger partial charge in [-0.05, 0) is 19.2 Å². The van der Waals surface area contributed by atoms with Crippen molar-refractivity contribution in [3.63, 3.8) is 0 Å². The molecule has 0 unspecified atom stereocenters. The maximum atomic E-state index is 6.18. The molecule has 4 aromatic rings. The Morgan fingerprint density at radius 2 is 1.47 bits per heavy atom.